The van der Waals surface area contributed by atoms with Crippen LogP contribution in [0.15, 0.2) is 29.3 Å². The quantitative estimate of drug-likeness (QED) is 0.292. The summed E-state index contributed by atoms with van der Waals surface area (Å²) in [4.78, 5) is 59.5. The minimum Gasteiger partial charge on any atom is -0.488 e. The van der Waals surface area contributed by atoms with Crippen LogP contribution in [0.2, 0.25) is 5.02 Å². The number of carbonyl (C=O) groups excluding carboxylic acids is 3. The van der Waals surface area contributed by atoms with Crippen LogP contribution in [-0.4, -0.2) is 81.0 Å². The lowest BCUT2D eigenvalue weighted by Gasteiger charge is -2.27. The van der Waals surface area contributed by atoms with Crippen LogP contribution in [-0.2, 0) is 19.1 Å². The number of aliphatic carboxylic acids is 1. The van der Waals surface area contributed by atoms with Gasteiger partial charge in [0.1, 0.15) is 34.6 Å². The molecule has 48 heavy (non-hydrogen) atoms. The number of para-hydroxylation sites is 1. The Balaban J connectivity index is 1.25. The van der Waals surface area contributed by atoms with E-state index in [1.807, 2.05) is 25.1 Å². The lowest BCUT2D eigenvalue weighted by atomic mass is 10.0. The fourth-order valence-electron chi connectivity index (χ4n) is 7.56. The van der Waals surface area contributed by atoms with Gasteiger partial charge in [-0.2, -0.15) is 0 Å². The van der Waals surface area contributed by atoms with Crippen molar-refractivity contribution in [2.24, 2.45) is 5.92 Å². The molecule has 260 valence electrons. The first-order chi connectivity index (χ1) is 23.2. The van der Waals surface area contributed by atoms with Crippen LogP contribution in [0.1, 0.15) is 90.4 Å². The summed E-state index contributed by atoms with van der Waals surface area (Å²) in [6, 6.07) is 5.93. The van der Waals surface area contributed by atoms with Gasteiger partial charge in [-0.05, 0) is 68.7 Å². The molecule has 2 aromatic rings. The molecule has 0 unspecified atom stereocenters. The molecular formula is C35H45ClN4O7S. The summed E-state index contributed by atoms with van der Waals surface area (Å²) < 4.78 is 12.2. The van der Waals surface area contributed by atoms with Gasteiger partial charge in [0.05, 0.1) is 17.1 Å². The maximum absolute atomic E-state index is 14.1. The SMILES string of the molecule is CCSc1cc(O[C@@H]2C[C@H]3C(=O)N[C@]4(C(=O)O)C[C@@H]4CCCCCC[C@H](NC(=O)OC4CCCC4)CC(=O)N3C2)c2cccc(Cl)c2n1. The number of hydrogen-bond acceptors (Lipinski definition) is 8. The van der Waals surface area contributed by atoms with Gasteiger partial charge in [-0.15, -0.1) is 11.8 Å². The molecule has 4 aliphatic rings. The second kappa shape index (κ2) is 15.1. The second-order valence-electron chi connectivity index (χ2n) is 13.6. The van der Waals surface area contributed by atoms with Crippen LogP contribution in [0.4, 0.5) is 4.79 Å². The Morgan fingerprint density at radius 3 is 2.60 bits per heavy atom. The predicted octanol–water partition coefficient (Wildman–Crippen LogP) is 6.09. The molecule has 3 heterocycles. The first kappa shape index (κ1) is 34.6. The van der Waals surface area contributed by atoms with Gasteiger partial charge in [0.15, 0.2) is 0 Å². The molecule has 2 saturated heterocycles. The van der Waals surface area contributed by atoms with Crippen molar-refractivity contribution in [1.82, 2.24) is 20.5 Å². The van der Waals surface area contributed by atoms with Crippen molar-refractivity contribution in [2.75, 3.05) is 12.3 Å². The molecule has 6 rings (SSSR count). The number of carboxylic acids is 1. The molecule has 1 aromatic carbocycles. The molecule has 2 saturated carbocycles. The van der Waals surface area contributed by atoms with Crippen molar-refractivity contribution in [2.45, 2.75) is 125 Å². The molecule has 11 nitrogen and oxygen atoms in total. The van der Waals surface area contributed by atoms with Gasteiger partial charge < -0.3 is 30.1 Å². The fraction of sp³-hybridized carbons (Fsp3) is 0.629. The number of aromatic nitrogens is 1. The number of fused-ring (bicyclic) bond motifs is 3. The average molecular weight is 701 g/mol. The van der Waals surface area contributed by atoms with Gasteiger partial charge in [-0.1, -0.05) is 50.3 Å². The number of hydrogen-bond donors (Lipinski definition) is 3. The highest BCUT2D eigenvalue weighted by Crippen LogP contribution is 2.47. The minimum absolute atomic E-state index is 0.00590. The van der Waals surface area contributed by atoms with E-state index in [-0.39, 0.29) is 37.3 Å². The van der Waals surface area contributed by atoms with Crippen molar-refractivity contribution in [3.63, 3.8) is 0 Å². The third-order valence-corrected chi connectivity index (χ3v) is 11.3. The van der Waals surface area contributed by atoms with Gasteiger partial charge in [0.2, 0.25) is 11.8 Å². The smallest absolute Gasteiger partial charge is 0.407 e. The number of halogens is 1. The largest absolute Gasteiger partial charge is 0.488 e. The van der Waals surface area contributed by atoms with E-state index in [1.165, 1.54) is 4.90 Å². The summed E-state index contributed by atoms with van der Waals surface area (Å²) in [6.07, 6.45) is 7.92. The summed E-state index contributed by atoms with van der Waals surface area (Å²) in [5, 5.41) is 17.9. The fourth-order valence-corrected chi connectivity index (χ4v) is 8.42. The highest BCUT2D eigenvalue weighted by Gasteiger charge is 2.62. The van der Waals surface area contributed by atoms with Crippen LogP contribution < -0.4 is 15.4 Å². The number of thioether (sulfide) groups is 1. The molecule has 2 aliphatic carbocycles. The van der Waals surface area contributed by atoms with Crippen molar-refractivity contribution >= 4 is 58.1 Å². The van der Waals surface area contributed by atoms with Crippen LogP contribution in [0.5, 0.6) is 5.75 Å². The summed E-state index contributed by atoms with van der Waals surface area (Å²) in [5.74, 6) is -0.638. The highest BCUT2D eigenvalue weighted by atomic mass is 35.5. The number of nitrogens with zero attached hydrogens (tertiary/aromatic N) is 2. The molecule has 0 radical (unpaired) electrons. The van der Waals surface area contributed by atoms with Crippen molar-refractivity contribution in [3.05, 3.63) is 29.3 Å². The maximum atomic E-state index is 14.1. The van der Waals surface area contributed by atoms with Crippen molar-refractivity contribution < 1.29 is 33.8 Å². The number of carboxylic acid groups (broad SMARTS) is 1. The summed E-state index contributed by atoms with van der Waals surface area (Å²) >= 11 is 8.07. The number of alkyl carbamates (subject to hydrolysis) is 1. The van der Waals surface area contributed by atoms with Crippen molar-refractivity contribution in [1.29, 1.82) is 0 Å². The first-order valence-electron chi connectivity index (χ1n) is 17.4. The van der Waals surface area contributed by atoms with Crippen LogP contribution >= 0.6 is 23.4 Å². The standard InChI is InChI=1S/C35H45ClN4O7S/c1-2-48-29-18-28(25-14-9-15-26(36)31(25)38-29)46-24-17-27-32(42)39-35(33(43)44)19-21(35)10-5-3-4-6-11-22(16-30(41)40(27)20-24)37-34(45)47-23-12-7-8-13-23/h9,14-15,18,21-24,27H,2-8,10-13,16-17,19-20H2,1H3,(H,37,45)(H,39,42)(H,43,44)/t21-,22-,24+,27-,35+/m0/s1. The zero-order valence-electron chi connectivity index (χ0n) is 27.4. The minimum atomic E-state index is -1.32. The third kappa shape index (κ3) is 7.80. The molecule has 4 fully saturated rings. The number of pyridine rings is 1. The molecule has 3 amide bonds. The van der Waals surface area contributed by atoms with Gasteiger partial charge in [0, 0.05) is 30.3 Å². The Morgan fingerprint density at radius 2 is 1.85 bits per heavy atom. The number of nitrogens with one attached hydrogen (secondary N) is 2. The topological polar surface area (TPSA) is 147 Å². The van der Waals surface area contributed by atoms with E-state index < -0.39 is 41.7 Å². The van der Waals surface area contributed by atoms with Gasteiger partial charge in [-0.25, -0.2) is 14.6 Å². The Morgan fingerprint density at radius 1 is 1.10 bits per heavy atom. The molecule has 2 aliphatic heterocycles. The zero-order chi connectivity index (χ0) is 33.8. The van der Waals surface area contributed by atoms with Gasteiger partial charge in [-0.3, -0.25) is 9.59 Å². The Kier molecular flexibility index (Phi) is 10.9. The lowest BCUT2D eigenvalue weighted by Crippen LogP contribution is -2.53. The van der Waals surface area contributed by atoms with E-state index in [2.05, 4.69) is 10.6 Å². The zero-order valence-corrected chi connectivity index (χ0v) is 29.0. The molecule has 13 heteroatoms. The van der Waals surface area contributed by atoms with E-state index in [9.17, 15) is 24.3 Å². The summed E-state index contributed by atoms with van der Waals surface area (Å²) in [6.45, 7) is 2.15. The summed E-state index contributed by atoms with van der Waals surface area (Å²) in [5.41, 5.74) is -0.709. The van der Waals surface area contributed by atoms with Crippen LogP contribution in [0.25, 0.3) is 10.9 Å². The molecule has 1 aromatic heterocycles. The first-order valence-corrected chi connectivity index (χ1v) is 18.7. The molecule has 3 N–H and O–H groups in total. The van der Waals surface area contributed by atoms with E-state index >= 15 is 0 Å². The maximum Gasteiger partial charge on any atom is 0.407 e. The van der Waals surface area contributed by atoms with E-state index in [0.717, 1.165) is 67.5 Å². The van der Waals surface area contributed by atoms with E-state index in [4.69, 9.17) is 26.1 Å². The second-order valence-corrected chi connectivity index (χ2v) is 15.3. The number of ether oxygens (including phenoxy) is 2. The van der Waals surface area contributed by atoms with E-state index in [1.54, 1.807) is 17.8 Å². The number of rotatable bonds is 7. The number of carbonyl (C=O) groups is 4. The molecule has 0 bridgehead atoms. The molecule has 0 spiro atoms. The van der Waals surface area contributed by atoms with Gasteiger partial charge >= 0.3 is 12.1 Å². The normalized spacial score (nSPS) is 28.5. The highest BCUT2D eigenvalue weighted by molar-refractivity contribution is 7.99. The van der Waals surface area contributed by atoms with E-state index in [0.29, 0.717) is 35.6 Å². The van der Waals surface area contributed by atoms with Crippen molar-refractivity contribution in [3.8, 4) is 5.75 Å². The molecule has 5 atom stereocenters. The van der Waals surface area contributed by atoms with Crippen LogP contribution in [0, 0.1) is 5.92 Å². The van der Waals surface area contributed by atoms with Gasteiger partial charge in [0.25, 0.3) is 0 Å². The lowest BCUT2D eigenvalue weighted by molar-refractivity contribution is -0.145. The van der Waals surface area contributed by atoms with Crippen LogP contribution in [0.3, 0.4) is 0 Å². The average Bonchev–Trinajstić information content (AvgIpc) is 3.33. The molecular weight excluding hydrogens is 656 g/mol. The third-order valence-electron chi connectivity index (χ3n) is 10.2. The summed E-state index contributed by atoms with van der Waals surface area (Å²) in [7, 11) is 0. The predicted molar refractivity (Wildman–Crippen MR) is 182 cm³/mol. The Hall–Kier alpha value is -3.25. The number of benzene rings is 1. The Labute approximate surface area is 290 Å². The Bertz CT molecular complexity index is 1540. The number of amides is 3. The monoisotopic (exact) mass is 700 g/mol.